The van der Waals surface area contributed by atoms with Crippen molar-refractivity contribution in [3.63, 3.8) is 0 Å². The molecule has 0 spiro atoms. The molecule has 18 heavy (non-hydrogen) atoms. The van der Waals surface area contributed by atoms with Crippen molar-refractivity contribution in [3.05, 3.63) is 64.7 Å². The number of hydrogen-bond acceptors (Lipinski definition) is 2. The molecule has 0 heterocycles. The van der Waals surface area contributed by atoms with Gasteiger partial charge in [0.25, 0.3) is 0 Å². The van der Waals surface area contributed by atoms with Crippen molar-refractivity contribution >= 4 is 11.6 Å². The lowest BCUT2D eigenvalue weighted by atomic mass is 9.92. The Balaban J connectivity index is 2.20. The highest BCUT2D eigenvalue weighted by Crippen LogP contribution is 2.25. The number of nitrogens with two attached hydrogens (primary N) is 1. The van der Waals surface area contributed by atoms with Gasteiger partial charge in [-0.2, -0.15) is 0 Å². The normalized spacial score (nSPS) is 12.3. The van der Waals surface area contributed by atoms with Crippen LogP contribution < -0.4 is 5.73 Å². The van der Waals surface area contributed by atoms with E-state index in [-0.39, 0.29) is 5.92 Å². The Hall–Kier alpha value is -1.51. The molecule has 0 aromatic heterocycles. The first-order chi connectivity index (χ1) is 8.70. The second-order valence-electron chi connectivity index (χ2n) is 4.32. The first kappa shape index (κ1) is 12.9. The second kappa shape index (κ2) is 5.89. The minimum atomic E-state index is 0.190. The summed E-state index contributed by atoms with van der Waals surface area (Å²) < 4.78 is 0. The van der Waals surface area contributed by atoms with Gasteiger partial charge in [0, 0.05) is 10.9 Å². The highest BCUT2D eigenvalue weighted by molar-refractivity contribution is 6.30. The van der Waals surface area contributed by atoms with Crippen molar-refractivity contribution < 1.29 is 5.11 Å². The van der Waals surface area contributed by atoms with Gasteiger partial charge in [-0.25, -0.2) is 0 Å². The fraction of sp³-hybridized carbons (Fsp3) is 0.200. The zero-order chi connectivity index (χ0) is 13.0. The third-order valence-corrected chi connectivity index (χ3v) is 3.34. The van der Waals surface area contributed by atoms with E-state index in [0.29, 0.717) is 12.3 Å². The van der Waals surface area contributed by atoms with Crippen LogP contribution in [0, 0.1) is 0 Å². The summed E-state index contributed by atoms with van der Waals surface area (Å²) in [5.74, 6) is 0.514. The number of rotatable bonds is 4. The van der Waals surface area contributed by atoms with Crippen LogP contribution in [0.2, 0.25) is 5.02 Å². The zero-order valence-electron chi connectivity index (χ0n) is 10.0. The van der Waals surface area contributed by atoms with E-state index in [2.05, 4.69) is 0 Å². The van der Waals surface area contributed by atoms with Crippen LogP contribution >= 0.6 is 11.6 Å². The van der Waals surface area contributed by atoms with Gasteiger partial charge in [-0.15, -0.1) is 0 Å². The van der Waals surface area contributed by atoms with Crippen LogP contribution in [0.5, 0.6) is 5.75 Å². The molecular weight excluding hydrogens is 246 g/mol. The van der Waals surface area contributed by atoms with E-state index in [0.717, 1.165) is 22.6 Å². The summed E-state index contributed by atoms with van der Waals surface area (Å²) in [6.45, 7) is 0.538. The van der Waals surface area contributed by atoms with Gasteiger partial charge in [0.2, 0.25) is 0 Å². The number of benzene rings is 2. The van der Waals surface area contributed by atoms with Crippen LogP contribution in [0.3, 0.4) is 0 Å². The van der Waals surface area contributed by atoms with Crippen LogP contribution in [0.15, 0.2) is 48.5 Å². The number of hydrogen-bond donors (Lipinski definition) is 2. The summed E-state index contributed by atoms with van der Waals surface area (Å²) in [5, 5.41) is 10.5. The van der Waals surface area contributed by atoms with Crippen molar-refractivity contribution in [2.45, 2.75) is 12.3 Å². The molecule has 1 unspecified atom stereocenters. The molecule has 3 heteroatoms. The molecule has 0 aliphatic heterocycles. The summed E-state index contributed by atoms with van der Waals surface area (Å²) in [4.78, 5) is 0. The van der Waals surface area contributed by atoms with Gasteiger partial charge in [0.1, 0.15) is 5.75 Å². The quantitative estimate of drug-likeness (QED) is 0.887. The average molecular weight is 262 g/mol. The number of para-hydroxylation sites is 1. The molecule has 0 radical (unpaired) electrons. The Morgan fingerprint density at radius 3 is 2.33 bits per heavy atom. The van der Waals surface area contributed by atoms with Gasteiger partial charge < -0.3 is 10.8 Å². The molecule has 2 aromatic carbocycles. The predicted molar refractivity (Wildman–Crippen MR) is 75.1 cm³/mol. The standard InChI is InChI=1S/C15H16ClNO/c16-14-7-5-11(6-8-14)13(10-17)9-12-3-1-2-4-15(12)18/h1-8,13,18H,9-10,17H2. The van der Waals surface area contributed by atoms with E-state index in [1.54, 1.807) is 6.07 Å². The van der Waals surface area contributed by atoms with Gasteiger partial charge in [-0.3, -0.25) is 0 Å². The molecule has 2 aromatic rings. The molecule has 0 bridgehead atoms. The minimum absolute atomic E-state index is 0.190. The van der Waals surface area contributed by atoms with Crippen molar-refractivity contribution in [3.8, 4) is 5.75 Å². The molecule has 1 atom stereocenters. The van der Waals surface area contributed by atoms with Crippen molar-refractivity contribution in [2.75, 3.05) is 6.54 Å². The van der Waals surface area contributed by atoms with Crippen LogP contribution in [-0.2, 0) is 6.42 Å². The molecule has 94 valence electrons. The summed E-state index contributed by atoms with van der Waals surface area (Å²) in [5.41, 5.74) is 7.89. The number of phenolic OH excluding ortho intramolecular Hbond substituents is 1. The van der Waals surface area contributed by atoms with Crippen molar-refractivity contribution in [1.29, 1.82) is 0 Å². The molecule has 0 saturated carbocycles. The summed E-state index contributed by atoms with van der Waals surface area (Å²) in [6.07, 6.45) is 0.727. The van der Waals surface area contributed by atoms with E-state index in [9.17, 15) is 5.11 Å². The van der Waals surface area contributed by atoms with E-state index in [1.165, 1.54) is 0 Å². The Morgan fingerprint density at radius 1 is 1.06 bits per heavy atom. The Kier molecular flexibility index (Phi) is 4.24. The second-order valence-corrected chi connectivity index (χ2v) is 4.75. The lowest BCUT2D eigenvalue weighted by Crippen LogP contribution is -2.15. The van der Waals surface area contributed by atoms with E-state index in [4.69, 9.17) is 17.3 Å². The van der Waals surface area contributed by atoms with Crippen LogP contribution in [-0.4, -0.2) is 11.7 Å². The van der Waals surface area contributed by atoms with Crippen LogP contribution in [0.1, 0.15) is 17.0 Å². The van der Waals surface area contributed by atoms with Crippen LogP contribution in [0.25, 0.3) is 0 Å². The fourth-order valence-corrected chi connectivity index (χ4v) is 2.15. The van der Waals surface area contributed by atoms with Gasteiger partial charge in [-0.1, -0.05) is 41.9 Å². The predicted octanol–water partition coefficient (Wildman–Crippen LogP) is 3.33. The maximum Gasteiger partial charge on any atom is 0.118 e. The van der Waals surface area contributed by atoms with Crippen molar-refractivity contribution in [1.82, 2.24) is 0 Å². The summed E-state index contributed by atoms with van der Waals surface area (Å²) in [7, 11) is 0. The Bertz CT molecular complexity index is 510. The Labute approximate surface area is 112 Å². The van der Waals surface area contributed by atoms with Gasteiger partial charge in [0.05, 0.1) is 0 Å². The van der Waals surface area contributed by atoms with E-state index < -0.39 is 0 Å². The summed E-state index contributed by atoms with van der Waals surface area (Å²) in [6, 6.07) is 15.1. The van der Waals surface area contributed by atoms with E-state index in [1.807, 2.05) is 42.5 Å². The topological polar surface area (TPSA) is 46.2 Å². The molecule has 0 amide bonds. The highest BCUT2D eigenvalue weighted by atomic mass is 35.5. The van der Waals surface area contributed by atoms with E-state index >= 15 is 0 Å². The molecule has 3 N–H and O–H groups in total. The van der Waals surface area contributed by atoms with Gasteiger partial charge in [0.15, 0.2) is 0 Å². The lowest BCUT2D eigenvalue weighted by Gasteiger charge is -2.16. The number of halogens is 1. The molecule has 2 rings (SSSR count). The largest absolute Gasteiger partial charge is 0.508 e. The molecular formula is C15H16ClNO. The van der Waals surface area contributed by atoms with Crippen molar-refractivity contribution in [2.24, 2.45) is 5.73 Å². The maximum atomic E-state index is 9.78. The molecule has 0 fully saturated rings. The van der Waals surface area contributed by atoms with Gasteiger partial charge in [-0.05, 0) is 42.3 Å². The van der Waals surface area contributed by atoms with Crippen LogP contribution in [0.4, 0.5) is 0 Å². The average Bonchev–Trinajstić information content (AvgIpc) is 2.39. The molecule has 0 aliphatic rings. The number of aromatic hydroxyl groups is 1. The SMILES string of the molecule is NCC(Cc1ccccc1O)c1ccc(Cl)cc1. The zero-order valence-corrected chi connectivity index (χ0v) is 10.8. The minimum Gasteiger partial charge on any atom is -0.508 e. The first-order valence-electron chi connectivity index (χ1n) is 5.93. The molecule has 0 aliphatic carbocycles. The monoisotopic (exact) mass is 261 g/mol. The first-order valence-corrected chi connectivity index (χ1v) is 6.31. The molecule has 2 nitrogen and oxygen atoms in total. The smallest absolute Gasteiger partial charge is 0.118 e. The highest BCUT2D eigenvalue weighted by Gasteiger charge is 2.12. The Morgan fingerprint density at radius 2 is 1.72 bits per heavy atom. The third kappa shape index (κ3) is 3.03. The third-order valence-electron chi connectivity index (χ3n) is 3.08. The summed E-state index contributed by atoms with van der Waals surface area (Å²) >= 11 is 5.87. The maximum absolute atomic E-state index is 9.78. The lowest BCUT2D eigenvalue weighted by molar-refractivity contribution is 0.465. The number of phenols is 1. The van der Waals surface area contributed by atoms with Gasteiger partial charge >= 0.3 is 0 Å². The fourth-order valence-electron chi connectivity index (χ4n) is 2.02. The molecule has 0 saturated heterocycles.